The fourth-order valence-corrected chi connectivity index (χ4v) is 2.49. The molecule has 1 aliphatic rings. The van der Waals surface area contributed by atoms with Crippen LogP contribution < -0.4 is 10.1 Å². The van der Waals surface area contributed by atoms with E-state index in [1.165, 1.54) is 18.4 Å². The van der Waals surface area contributed by atoms with Crippen LogP contribution in [0.15, 0.2) is 24.4 Å². The molecular weight excluding hydrogens is 214 g/mol. The molecule has 0 radical (unpaired) electrons. The highest BCUT2D eigenvalue weighted by Crippen LogP contribution is 2.25. The van der Waals surface area contributed by atoms with Gasteiger partial charge in [0.2, 0.25) is 0 Å². The Kier molecular flexibility index (Phi) is 2.73. The predicted molar refractivity (Wildman–Crippen MR) is 67.4 cm³/mol. The molecule has 4 nitrogen and oxygen atoms in total. The molecule has 2 aromatic rings. The fourth-order valence-electron chi connectivity index (χ4n) is 2.49. The highest BCUT2D eigenvalue weighted by molar-refractivity contribution is 5.80. The molecule has 1 unspecified atom stereocenters. The zero-order chi connectivity index (χ0) is 11.7. The van der Waals surface area contributed by atoms with Crippen molar-refractivity contribution in [3.8, 4) is 5.75 Å². The Morgan fingerprint density at radius 1 is 1.47 bits per heavy atom. The van der Waals surface area contributed by atoms with Crippen LogP contribution in [0.3, 0.4) is 0 Å². The van der Waals surface area contributed by atoms with Gasteiger partial charge in [-0.3, -0.25) is 4.68 Å². The number of ether oxygens (including phenoxy) is 1. The first kappa shape index (κ1) is 10.6. The summed E-state index contributed by atoms with van der Waals surface area (Å²) in [5, 5.41) is 9.09. The lowest BCUT2D eigenvalue weighted by molar-refractivity contribution is 0.354. The number of nitrogens with one attached hydrogen (secondary N) is 1. The Bertz CT molecular complexity index is 514. The van der Waals surface area contributed by atoms with Crippen LogP contribution >= 0.6 is 0 Å². The Labute approximate surface area is 101 Å². The van der Waals surface area contributed by atoms with Crippen molar-refractivity contribution in [2.24, 2.45) is 0 Å². The summed E-state index contributed by atoms with van der Waals surface area (Å²) < 4.78 is 7.37. The molecule has 0 bridgehead atoms. The summed E-state index contributed by atoms with van der Waals surface area (Å²) in [6.45, 7) is 2.15. The van der Waals surface area contributed by atoms with E-state index in [0.29, 0.717) is 6.04 Å². The van der Waals surface area contributed by atoms with E-state index >= 15 is 0 Å². The van der Waals surface area contributed by atoms with Gasteiger partial charge >= 0.3 is 0 Å². The maximum Gasteiger partial charge on any atom is 0.119 e. The number of nitrogens with zero attached hydrogens (tertiary/aromatic N) is 2. The second-order valence-electron chi connectivity index (χ2n) is 4.51. The van der Waals surface area contributed by atoms with Crippen LogP contribution in [0.5, 0.6) is 5.75 Å². The smallest absolute Gasteiger partial charge is 0.119 e. The van der Waals surface area contributed by atoms with Crippen molar-refractivity contribution >= 4 is 10.9 Å². The van der Waals surface area contributed by atoms with Crippen LogP contribution in [-0.2, 0) is 0 Å². The molecule has 1 aliphatic heterocycles. The fraction of sp³-hybridized carbons (Fsp3) is 0.462. The summed E-state index contributed by atoms with van der Waals surface area (Å²) in [4.78, 5) is 0. The monoisotopic (exact) mass is 231 g/mol. The van der Waals surface area contributed by atoms with E-state index in [1.807, 2.05) is 18.3 Å². The van der Waals surface area contributed by atoms with Crippen LogP contribution in [0, 0.1) is 0 Å². The van der Waals surface area contributed by atoms with E-state index in [-0.39, 0.29) is 0 Å². The Morgan fingerprint density at radius 2 is 2.41 bits per heavy atom. The van der Waals surface area contributed by atoms with Gasteiger partial charge in [-0.25, -0.2) is 0 Å². The third-order valence-corrected chi connectivity index (χ3v) is 3.42. The molecule has 1 atom stereocenters. The van der Waals surface area contributed by atoms with Crippen molar-refractivity contribution < 1.29 is 4.74 Å². The molecule has 1 fully saturated rings. The lowest BCUT2D eigenvalue weighted by Crippen LogP contribution is -2.32. The highest BCUT2D eigenvalue weighted by Gasteiger charge is 2.17. The lowest BCUT2D eigenvalue weighted by atomic mass is 10.1. The molecule has 1 aromatic carbocycles. The second-order valence-corrected chi connectivity index (χ2v) is 4.51. The van der Waals surface area contributed by atoms with Crippen molar-refractivity contribution in [1.29, 1.82) is 0 Å². The summed E-state index contributed by atoms with van der Waals surface area (Å²) in [5.41, 5.74) is 1.19. The average molecular weight is 231 g/mol. The van der Waals surface area contributed by atoms with Gasteiger partial charge in [-0.05, 0) is 37.6 Å². The van der Waals surface area contributed by atoms with Gasteiger partial charge in [-0.15, -0.1) is 0 Å². The largest absolute Gasteiger partial charge is 0.497 e. The molecule has 0 spiro atoms. The number of hydrogen-bond donors (Lipinski definition) is 1. The minimum Gasteiger partial charge on any atom is -0.497 e. The normalized spacial score (nSPS) is 20.6. The Balaban J connectivity index is 1.99. The van der Waals surface area contributed by atoms with Crippen molar-refractivity contribution in [2.75, 3.05) is 20.2 Å². The maximum atomic E-state index is 5.23. The van der Waals surface area contributed by atoms with Gasteiger partial charge in [0.15, 0.2) is 0 Å². The number of methoxy groups -OCH3 is 1. The Hall–Kier alpha value is -1.55. The molecular formula is C13H17N3O. The number of aromatic nitrogens is 2. The second kappa shape index (κ2) is 4.37. The Morgan fingerprint density at radius 3 is 3.18 bits per heavy atom. The van der Waals surface area contributed by atoms with Gasteiger partial charge in [-0.1, -0.05) is 0 Å². The molecule has 0 amide bonds. The van der Waals surface area contributed by atoms with Crippen LogP contribution in [0.1, 0.15) is 18.9 Å². The zero-order valence-electron chi connectivity index (χ0n) is 10.0. The van der Waals surface area contributed by atoms with Gasteiger partial charge in [0.1, 0.15) is 5.75 Å². The quantitative estimate of drug-likeness (QED) is 0.859. The summed E-state index contributed by atoms with van der Waals surface area (Å²) in [7, 11) is 1.69. The van der Waals surface area contributed by atoms with Gasteiger partial charge in [-0.2, -0.15) is 5.10 Å². The highest BCUT2D eigenvalue weighted by atomic mass is 16.5. The topological polar surface area (TPSA) is 39.1 Å². The molecule has 17 heavy (non-hydrogen) atoms. The van der Waals surface area contributed by atoms with Gasteiger partial charge in [0.25, 0.3) is 0 Å². The molecule has 0 aliphatic carbocycles. The zero-order valence-corrected chi connectivity index (χ0v) is 10.0. The van der Waals surface area contributed by atoms with Crippen molar-refractivity contribution in [2.45, 2.75) is 18.9 Å². The molecule has 1 aromatic heterocycles. The van der Waals surface area contributed by atoms with E-state index in [2.05, 4.69) is 21.2 Å². The van der Waals surface area contributed by atoms with Crippen LogP contribution in [0.4, 0.5) is 0 Å². The van der Waals surface area contributed by atoms with Crippen molar-refractivity contribution in [3.05, 3.63) is 24.4 Å². The molecule has 0 saturated carbocycles. The van der Waals surface area contributed by atoms with Gasteiger partial charge in [0, 0.05) is 11.9 Å². The van der Waals surface area contributed by atoms with E-state index < -0.39 is 0 Å². The molecule has 90 valence electrons. The third kappa shape index (κ3) is 1.89. The molecule has 3 rings (SSSR count). The first-order valence-corrected chi connectivity index (χ1v) is 6.10. The minimum atomic E-state index is 0.481. The predicted octanol–water partition coefficient (Wildman–Crippen LogP) is 1.97. The molecule has 1 saturated heterocycles. The summed E-state index contributed by atoms with van der Waals surface area (Å²) in [5.74, 6) is 0.888. The number of hydrogen-bond acceptors (Lipinski definition) is 3. The average Bonchev–Trinajstić information content (AvgIpc) is 2.82. The molecule has 2 heterocycles. The van der Waals surface area contributed by atoms with Gasteiger partial charge < -0.3 is 10.1 Å². The van der Waals surface area contributed by atoms with E-state index in [9.17, 15) is 0 Å². The number of rotatable bonds is 2. The first-order chi connectivity index (χ1) is 8.38. The molecule has 4 heteroatoms. The summed E-state index contributed by atoms with van der Waals surface area (Å²) >= 11 is 0. The van der Waals surface area contributed by atoms with Crippen molar-refractivity contribution in [1.82, 2.24) is 15.1 Å². The summed E-state index contributed by atoms with van der Waals surface area (Å²) in [6.07, 6.45) is 4.35. The van der Waals surface area contributed by atoms with Crippen LogP contribution in [0.2, 0.25) is 0 Å². The van der Waals surface area contributed by atoms with E-state index in [1.54, 1.807) is 7.11 Å². The van der Waals surface area contributed by atoms with Crippen molar-refractivity contribution in [3.63, 3.8) is 0 Å². The maximum absolute atomic E-state index is 5.23. The summed E-state index contributed by atoms with van der Waals surface area (Å²) in [6, 6.07) is 6.61. The van der Waals surface area contributed by atoms with Crippen LogP contribution in [-0.4, -0.2) is 30.0 Å². The number of piperidine rings is 1. The lowest BCUT2D eigenvalue weighted by Gasteiger charge is -2.23. The third-order valence-electron chi connectivity index (χ3n) is 3.42. The first-order valence-electron chi connectivity index (χ1n) is 6.10. The standard InChI is InChI=1S/C13H17N3O/c1-17-12-4-5-13-10(7-12)8-15-16(13)11-3-2-6-14-9-11/h4-5,7-8,11,14H,2-3,6,9H2,1H3. The van der Waals surface area contributed by atoms with E-state index in [0.717, 1.165) is 24.2 Å². The SMILES string of the molecule is COc1ccc2c(cnn2C2CCCNC2)c1. The number of benzene rings is 1. The van der Waals surface area contributed by atoms with Crippen LogP contribution in [0.25, 0.3) is 10.9 Å². The molecule has 1 N–H and O–H groups in total. The number of fused-ring (bicyclic) bond motifs is 1. The minimum absolute atomic E-state index is 0.481. The van der Waals surface area contributed by atoms with Gasteiger partial charge in [0.05, 0.1) is 24.9 Å². The van der Waals surface area contributed by atoms with E-state index in [4.69, 9.17) is 4.74 Å².